The topological polar surface area (TPSA) is 81.1 Å². The highest BCUT2D eigenvalue weighted by molar-refractivity contribution is 7.89. The number of sulfonamides is 1. The Morgan fingerprint density at radius 3 is 2.63 bits per heavy atom. The molecule has 0 aliphatic heterocycles. The van der Waals surface area contributed by atoms with Gasteiger partial charge in [-0.1, -0.05) is 12.1 Å². The molecule has 1 amide bonds. The van der Waals surface area contributed by atoms with Crippen molar-refractivity contribution in [2.45, 2.75) is 0 Å². The number of nitrogens with zero attached hydrogens (tertiary/aromatic N) is 2. The van der Waals surface area contributed by atoms with Crippen LogP contribution in [0.1, 0.15) is 10.5 Å². The minimum absolute atomic E-state index is 0.117. The zero-order chi connectivity index (χ0) is 14.0. The van der Waals surface area contributed by atoms with Crippen LogP contribution in [-0.4, -0.2) is 30.4 Å². The third kappa shape index (κ3) is 3.16. The van der Waals surface area contributed by atoms with Gasteiger partial charge < -0.3 is 0 Å². The van der Waals surface area contributed by atoms with Crippen molar-refractivity contribution >= 4 is 15.9 Å². The summed E-state index contributed by atoms with van der Waals surface area (Å²) in [6.45, 7) is 0. The van der Waals surface area contributed by atoms with Crippen molar-refractivity contribution in [3.05, 3.63) is 48.0 Å². The number of hydrogen-bond acceptors (Lipinski definition) is 4. The quantitative estimate of drug-likeness (QED) is 0.899. The van der Waals surface area contributed by atoms with E-state index in [-0.39, 0.29) is 11.4 Å². The number of halogens is 1. The summed E-state index contributed by atoms with van der Waals surface area (Å²) in [6.07, 6.45) is 2.23. The molecular formula is C11H10FN3O3S. The van der Waals surface area contributed by atoms with Gasteiger partial charge in [0.15, 0.2) is 5.69 Å². The molecule has 8 heteroatoms. The molecule has 0 spiro atoms. The minimum atomic E-state index is -3.66. The average Bonchev–Trinajstić information content (AvgIpc) is 2.76. The first-order chi connectivity index (χ1) is 8.87. The van der Waals surface area contributed by atoms with Crippen molar-refractivity contribution in [1.29, 1.82) is 0 Å². The van der Waals surface area contributed by atoms with Crippen LogP contribution in [0.25, 0.3) is 5.69 Å². The molecule has 100 valence electrons. The Morgan fingerprint density at radius 2 is 2.00 bits per heavy atom. The summed E-state index contributed by atoms with van der Waals surface area (Å²) in [5.41, 5.74) is 0.0505. The van der Waals surface area contributed by atoms with Crippen LogP contribution in [0.15, 0.2) is 36.5 Å². The first kappa shape index (κ1) is 13.2. The van der Waals surface area contributed by atoms with Crippen LogP contribution < -0.4 is 4.72 Å². The second-order valence-corrected chi connectivity index (χ2v) is 5.55. The third-order valence-electron chi connectivity index (χ3n) is 2.20. The molecule has 0 saturated carbocycles. The molecule has 0 atom stereocenters. The predicted octanol–water partition coefficient (Wildman–Crippen LogP) is 0.701. The fraction of sp³-hybridized carbons (Fsp3) is 0.0909. The molecule has 2 aromatic rings. The third-order valence-corrected chi connectivity index (χ3v) is 2.76. The fourth-order valence-electron chi connectivity index (χ4n) is 1.44. The summed E-state index contributed by atoms with van der Waals surface area (Å²) in [5.74, 6) is -1.36. The lowest BCUT2D eigenvalue weighted by molar-refractivity contribution is 0.0976. The largest absolute Gasteiger partial charge is 0.285 e. The van der Waals surface area contributed by atoms with Gasteiger partial charge in [-0.05, 0) is 18.2 Å². The van der Waals surface area contributed by atoms with Crippen LogP contribution in [0, 0.1) is 5.82 Å². The maximum Gasteiger partial charge on any atom is 0.285 e. The number of carbonyl (C=O) groups is 1. The summed E-state index contributed by atoms with van der Waals surface area (Å²) < 4.78 is 38.3. The van der Waals surface area contributed by atoms with Gasteiger partial charge in [-0.15, -0.1) is 0 Å². The monoisotopic (exact) mass is 283 g/mol. The summed E-state index contributed by atoms with van der Waals surface area (Å²) in [5, 5.41) is 3.83. The van der Waals surface area contributed by atoms with E-state index in [2.05, 4.69) is 5.10 Å². The van der Waals surface area contributed by atoms with Gasteiger partial charge in [0.2, 0.25) is 10.0 Å². The number of rotatable bonds is 3. The Labute approximate surface area is 108 Å². The van der Waals surface area contributed by atoms with Crippen LogP contribution in [0.3, 0.4) is 0 Å². The van der Waals surface area contributed by atoms with Gasteiger partial charge in [0.25, 0.3) is 5.91 Å². The van der Waals surface area contributed by atoms with Crippen LogP contribution in [0.2, 0.25) is 0 Å². The standard InChI is InChI=1S/C11H10FN3O3S/c1-19(17,18)14-11(16)9-6-7-15(13-9)10-5-3-2-4-8(10)12/h2-7H,1H3,(H,14,16). The number of benzene rings is 1. The van der Waals surface area contributed by atoms with Crippen molar-refractivity contribution in [2.75, 3.05) is 6.26 Å². The second kappa shape index (κ2) is 4.81. The molecule has 2 rings (SSSR count). The lowest BCUT2D eigenvalue weighted by Crippen LogP contribution is -2.29. The van der Waals surface area contributed by atoms with E-state index in [9.17, 15) is 17.6 Å². The Morgan fingerprint density at radius 1 is 1.32 bits per heavy atom. The van der Waals surface area contributed by atoms with Crippen LogP contribution in [0.5, 0.6) is 0 Å². The Balaban J connectivity index is 2.30. The number of carbonyl (C=O) groups excluding carboxylic acids is 1. The number of hydrogen-bond donors (Lipinski definition) is 1. The van der Waals surface area contributed by atoms with Gasteiger partial charge in [-0.2, -0.15) is 5.10 Å². The van der Waals surface area contributed by atoms with Crippen molar-refractivity contribution in [3.8, 4) is 5.69 Å². The van der Waals surface area contributed by atoms with E-state index in [0.717, 1.165) is 10.9 Å². The maximum absolute atomic E-state index is 13.5. The Bertz CT molecular complexity index is 724. The van der Waals surface area contributed by atoms with Gasteiger partial charge in [0.1, 0.15) is 11.5 Å². The normalized spacial score (nSPS) is 11.3. The molecule has 6 nitrogen and oxygen atoms in total. The summed E-state index contributed by atoms with van der Waals surface area (Å²) in [6, 6.07) is 7.19. The molecule has 0 bridgehead atoms. The first-order valence-electron chi connectivity index (χ1n) is 5.19. The molecule has 1 aromatic carbocycles. The molecule has 1 N–H and O–H groups in total. The van der Waals surface area contributed by atoms with E-state index in [4.69, 9.17) is 0 Å². The highest BCUT2D eigenvalue weighted by atomic mass is 32.2. The molecule has 0 unspecified atom stereocenters. The summed E-state index contributed by atoms with van der Waals surface area (Å²) in [7, 11) is -3.66. The summed E-state index contributed by atoms with van der Waals surface area (Å²) >= 11 is 0. The fourth-order valence-corrected chi connectivity index (χ4v) is 1.88. The predicted molar refractivity (Wildman–Crippen MR) is 65.8 cm³/mol. The highest BCUT2D eigenvalue weighted by Crippen LogP contribution is 2.12. The van der Waals surface area contributed by atoms with Gasteiger partial charge in [0, 0.05) is 6.20 Å². The Kier molecular flexibility index (Phi) is 3.34. The average molecular weight is 283 g/mol. The Hall–Kier alpha value is -2.22. The number of aromatic nitrogens is 2. The molecule has 0 saturated heterocycles. The first-order valence-corrected chi connectivity index (χ1v) is 7.08. The SMILES string of the molecule is CS(=O)(=O)NC(=O)c1ccn(-c2ccccc2F)n1. The molecule has 1 heterocycles. The number of amides is 1. The van der Waals surface area contributed by atoms with E-state index in [1.807, 2.05) is 0 Å². The highest BCUT2D eigenvalue weighted by Gasteiger charge is 2.15. The molecule has 0 fully saturated rings. The number of para-hydroxylation sites is 1. The second-order valence-electron chi connectivity index (χ2n) is 3.80. The van der Waals surface area contributed by atoms with Crippen molar-refractivity contribution < 1.29 is 17.6 Å². The van der Waals surface area contributed by atoms with E-state index < -0.39 is 21.7 Å². The van der Waals surface area contributed by atoms with Gasteiger partial charge in [-0.3, -0.25) is 4.79 Å². The van der Waals surface area contributed by atoms with Gasteiger partial charge in [0.05, 0.1) is 6.26 Å². The van der Waals surface area contributed by atoms with Crippen molar-refractivity contribution in [1.82, 2.24) is 14.5 Å². The lowest BCUT2D eigenvalue weighted by atomic mass is 10.3. The van der Waals surface area contributed by atoms with Crippen molar-refractivity contribution in [2.24, 2.45) is 0 Å². The van der Waals surface area contributed by atoms with Gasteiger partial charge in [-0.25, -0.2) is 22.2 Å². The summed E-state index contributed by atoms with van der Waals surface area (Å²) in [4.78, 5) is 11.5. The molecule has 0 radical (unpaired) electrons. The zero-order valence-electron chi connectivity index (χ0n) is 9.87. The molecule has 0 aliphatic carbocycles. The van der Waals surface area contributed by atoms with Gasteiger partial charge >= 0.3 is 0 Å². The molecule has 1 aromatic heterocycles. The molecule has 19 heavy (non-hydrogen) atoms. The van der Waals surface area contributed by atoms with E-state index >= 15 is 0 Å². The van der Waals surface area contributed by atoms with E-state index in [1.165, 1.54) is 30.5 Å². The van der Waals surface area contributed by atoms with E-state index in [0.29, 0.717) is 0 Å². The molecule has 0 aliphatic rings. The zero-order valence-corrected chi connectivity index (χ0v) is 10.7. The van der Waals surface area contributed by atoms with Crippen LogP contribution in [0.4, 0.5) is 4.39 Å². The number of nitrogens with one attached hydrogen (secondary N) is 1. The van der Waals surface area contributed by atoms with Crippen LogP contribution >= 0.6 is 0 Å². The lowest BCUT2D eigenvalue weighted by Gasteiger charge is -2.02. The molecular weight excluding hydrogens is 273 g/mol. The maximum atomic E-state index is 13.5. The minimum Gasteiger partial charge on any atom is -0.266 e. The van der Waals surface area contributed by atoms with E-state index in [1.54, 1.807) is 10.8 Å². The van der Waals surface area contributed by atoms with Crippen molar-refractivity contribution in [3.63, 3.8) is 0 Å². The smallest absolute Gasteiger partial charge is 0.266 e. The van der Waals surface area contributed by atoms with Crippen LogP contribution in [-0.2, 0) is 10.0 Å².